The Morgan fingerprint density at radius 2 is 1.92 bits per heavy atom. The lowest BCUT2D eigenvalue weighted by Crippen LogP contribution is -2.41. The summed E-state index contributed by atoms with van der Waals surface area (Å²) in [6, 6.07) is 0.0510. The number of nitrogens with zero attached hydrogens (tertiary/aromatic N) is 4. The van der Waals surface area contributed by atoms with Crippen molar-refractivity contribution in [3.05, 3.63) is 21.6 Å². The summed E-state index contributed by atoms with van der Waals surface area (Å²) >= 11 is 5.75. The van der Waals surface area contributed by atoms with Crippen molar-refractivity contribution in [1.82, 2.24) is 14.9 Å². The number of nitro groups is 1. The zero-order chi connectivity index (χ0) is 17.8. The summed E-state index contributed by atoms with van der Waals surface area (Å²) in [7, 11) is 0. The van der Waals surface area contributed by atoms with Crippen LogP contribution < -0.4 is 5.32 Å². The van der Waals surface area contributed by atoms with Gasteiger partial charge in [0.25, 0.3) is 0 Å². The molecule has 0 aromatic carbocycles. The second-order valence-electron chi connectivity index (χ2n) is 6.71. The SMILES string of the molecule is O=C(C1CCC(Nc2nc(Cl)ncc2[N+](=O)[O-])CC1)N1CCCCC1. The van der Waals surface area contributed by atoms with Crippen LogP contribution in [0.1, 0.15) is 44.9 Å². The number of aromatic nitrogens is 2. The molecule has 2 heterocycles. The molecule has 136 valence electrons. The van der Waals surface area contributed by atoms with Crippen molar-refractivity contribution >= 4 is 29.0 Å². The van der Waals surface area contributed by atoms with Crippen LogP contribution in [-0.2, 0) is 4.79 Å². The summed E-state index contributed by atoms with van der Waals surface area (Å²) in [5.41, 5.74) is -0.184. The van der Waals surface area contributed by atoms with E-state index in [0.29, 0.717) is 0 Å². The Hall–Kier alpha value is -1.96. The molecule has 2 fully saturated rings. The highest BCUT2D eigenvalue weighted by atomic mass is 35.5. The second kappa shape index (κ2) is 7.95. The second-order valence-corrected chi connectivity index (χ2v) is 7.05. The van der Waals surface area contributed by atoms with Gasteiger partial charge in [-0.1, -0.05) is 0 Å². The van der Waals surface area contributed by atoms with Gasteiger partial charge in [-0.25, -0.2) is 4.98 Å². The molecule has 0 unspecified atom stereocenters. The molecule has 0 spiro atoms. The fourth-order valence-electron chi connectivity index (χ4n) is 3.64. The summed E-state index contributed by atoms with van der Waals surface area (Å²) in [5, 5.41) is 14.2. The lowest BCUT2D eigenvalue weighted by molar-refractivity contribution is -0.384. The zero-order valence-electron chi connectivity index (χ0n) is 14.0. The van der Waals surface area contributed by atoms with Gasteiger partial charge in [-0.05, 0) is 56.5 Å². The lowest BCUT2D eigenvalue weighted by Gasteiger charge is -2.34. The largest absolute Gasteiger partial charge is 0.361 e. The third-order valence-corrected chi connectivity index (χ3v) is 5.20. The van der Waals surface area contributed by atoms with Crippen molar-refractivity contribution in [3.63, 3.8) is 0 Å². The minimum atomic E-state index is -0.524. The van der Waals surface area contributed by atoms with Crippen LogP contribution in [0.15, 0.2) is 6.20 Å². The molecule has 1 aliphatic heterocycles. The van der Waals surface area contributed by atoms with E-state index < -0.39 is 4.92 Å². The molecule has 1 aromatic heterocycles. The maximum Gasteiger partial charge on any atom is 0.329 e. The van der Waals surface area contributed by atoms with Crippen LogP contribution in [0.5, 0.6) is 0 Å². The fraction of sp³-hybridized carbons (Fsp3) is 0.688. The Balaban J connectivity index is 1.57. The minimum absolute atomic E-state index is 0.0259. The highest BCUT2D eigenvalue weighted by Gasteiger charge is 2.31. The summed E-state index contributed by atoms with van der Waals surface area (Å²) in [4.78, 5) is 32.7. The van der Waals surface area contributed by atoms with E-state index >= 15 is 0 Å². The van der Waals surface area contributed by atoms with Crippen molar-refractivity contribution in [1.29, 1.82) is 0 Å². The molecule has 8 nitrogen and oxygen atoms in total. The highest BCUT2D eigenvalue weighted by molar-refractivity contribution is 6.28. The lowest BCUT2D eigenvalue weighted by atomic mass is 9.85. The van der Waals surface area contributed by atoms with Crippen molar-refractivity contribution < 1.29 is 9.72 Å². The molecule has 2 aliphatic rings. The topological polar surface area (TPSA) is 101 Å². The maximum atomic E-state index is 12.6. The predicted octanol–water partition coefficient (Wildman–Crippen LogP) is 3.02. The van der Waals surface area contributed by atoms with Gasteiger partial charge in [-0.3, -0.25) is 14.9 Å². The number of likely N-dealkylation sites (tertiary alicyclic amines) is 1. The Kier molecular flexibility index (Phi) is 5.67. The van der Waals surface area contributed by atoms with E-state index in [-0.39, 0.29) is 34.7 Å². The number of hydrogen-bond donors (Lipinski definition) is 1. The number of halogens is 1. The fourth-order valence-corrected chi connectivity index (χ4v) is 3.78. The van der Waals surface area contributed by atoms with Crippen LogP contribution in [0.4, 0.5) is 11.5 Å². The van der Waals surface area contributed by atoms with Crippen LogP contribution in [-0.4, -0.2) is 44.8 Å². The third kappa shape index (κ3) is 4.36. The standard InChI is InChI=1S/C16H22ClN5O3/c17-16-18-10-13(22(24)25)14(20-16)19-12-6-4-11(5-7-12)15(23)21-8-2-1-3-9-21/h10-12H,1-9H2,(H,18,19,20). The summed E-state index contributed by atoms with van der Waals surface area (Å²) in [5.74, 6) is 0.491. The average Bonchev–Trinajstić information content (AvgIpc) is 2.62. The number of rotatable bonds is 4. The molecule has 1 aromatic rings. The van der Waals surface area contributed by atoms with Gasteiger partial charge in [0.2, 0.25) is 17.0 Å². The van der Waals surface area contributed by atoms with Crippen molar-refractivity contribution in [2.24, 2.45) is 5.92 Å². The van der Waals surface area contributed by atoms with Crippen LogP contribution >= 0.6 is 11.6 Å². The molecule has 3 rings (SSSR count). The van der Waals surface area contributed by atoms with E-state index in [9.17, 15) is 14.9 Å². The highest BCUT2D eigenvalue weighted by Crippen LogP contribution is 2.31. The maximum absolute atomic E-state index is 12.6. The summed E-state index contributed by atoms with van der Waals surface area (Å²) in [6.07, 6.45) is 7.66. The normalized spacial score (nSPS) is 24.0. The Morgan fingerprint density at radius 1 is 1.24 bits per heavy atom. The molecule has 0 radical (unpaired) electrons. The van der Waals surface area contributed by atoms with Crippen molar-refractivity contribution in [3.8, 4) is 0 Å². The first-order valence-electron chi connectivity index (χ1n) is 8.77. The first-order valence-corrected chi connectivity index (χ1v) is 9.14. The van der Waals surface area contributed by atoms with Gasteiger partial charge in [0.15, 0.2) is 0 Å². The van der Waals surface area contributed by atoms with Gasteiger partial charge in [0.1, 0.15) is 6.20 Å². The van der Waals surface area contributed by atoms with Crippen LogP contribution in [0.25, 0.3) is 0 Å². The number of carbonyl (C=O) groups excluding carboxylic acids is 1. The predicted molar refractivity (Wildman–Crippen MR) is 93.5 cm³/mol. The van der Waals surface area contributed by atoms with Crippen LogP contribution in [0.3, 0.4) is 0 Å². The zero-order valence-corrected chi connectivity index (χ0v) is 14.7. The van der Waals surface area contributed by atoms with Gasteiger partial charge in [-0.2, -0.15) is 4.98 Å². The number of nitrogens with one attached hydrogen (secondary N) is 1. The molecule has 1 amide bonds. The van der Waals surface area contributed by atoms with Gasteiger partial charge in [0.05, 0.1) is 4.92 Å². The number of piperidine rings is 1. The van der Waals surface area contributed by atoms with Crippen LogP contribution in [0, 0.1) is 16.0 Å². The van der Waals surface area contributed by atoms with E-state index in [1.54, 1.807) is 0 Å². The summed E-state index contributed by atoms with van der Waals surface area (Å²) < 4.78 is 0. The smallest absolute Gasteiger partial charge is 0.329 e. The molecule has 1 N–H and O–H groups in total. The van der Waals surface area contributed by atoms with E-state index in [4.69, 9.17) is 11.6 Å². The third-order valence-electron chi connectivity index (χ3n) is 5.02. The van der Waals surface area contributed by atoms with Crippen molar-refractivity contribution in [2.75, 3.05) is 18.4 Å². The van der Waals surface area contributed by atoms with E-state index in [0.717, 1.165) is 57.8 Å². The Morgan fingerprint density at radius 3 is 2.56 bits per heavy atom. The van der Waals surface area contributed by atoms with Crippen LogP contribution in [0.2, 0.25) is 5.28 Å². The minimum Gasteiger partial charge on any atom is -0.361 e. The Bertz CT molecular complexity index is 643. The molecule has 9 heteroatoms. The summed E-state index contributed by atoms with van der Waals surface area (Å²) in [6.45, 7) is 1.76. The molecule has 0 atom stereocenters. The first kappa shape index (κ1) is 17.8. The van der Waals surface area contributed by atoms with E-state index in [1.165, 1.54) is 6.42 Å². The van der Waals surface area contributed by atoms with Gasteiger partial charge < -0.3 is 10.2 Å². The van der Waals surface area contributed by atoms with Crippen molar-refractivity contribution in [2.45, 2.75) is 51.0 Å². The molecule has 0 bridgehead atoms. The number of carbonyl (C=O) groups is 1. The monoisotopic (exact) mass is 367 g/mol. The number of hydrogen-bond acceptors (Lipinski definition) is 6. The number of amides is 1. The molecular formula is C16H22ClN5O3. The molecule has 25 heavy (non-hydrogen) atoms. The van der Waals surface area contributed by atoms with Gasteiger partial charge in [0, 0.05) is 25.0 Å². The number of anilines is 1. The average molecular weight is 368 g/mol. The quantitative estimate of drug-likeness (QED) is 0.498. The molecular weight excluding hydrogens is 346 g/mol. The first-order chi connectivity index (χ1) is 12.0. The Labute approximate surface area is 151 Å². The van der Waals surface area contributed by atoms with Gasteiger partial charge in [-0.15, -0.1) is 0 Å². The van der Waals surface area contributed by atoms with E-state index in [1.807, 2.05) is 4.90 Å². The van der Waals surface area contributed by atoms with E-state index in [2.05, 4.69) is 15.3 Å². The van der Waals surface area contributed by atoms with Gasteiger partial charge >= 0.3 is 5.69 Å². The molecule has 1 saturated heterocycles. The molecule has 1 aliphatic carbocycles. The molecule has 1 saturated carbocycles.